The maximum absolute atomic E-state index is 4.14. The Hall–Kier alpha value is -2.03. The summed E-state index contributed by atoms with van der Waals surface area (Å²) in [7, 11) is 0. The Kier molecular flexibility index (Phi) is 4.02. The van der Waals surface area contributed by atoms with Crippen LogP contribution in [0.1, 0.15) is 18.9 Å². The van der Waals surface area contributed by atoms with Crippen LogP contribution in [0.3, 0.4) is 0 Å². The van der Waals surface area contributed by atoms with E-state index in [1.807, 2.05) is 20.8 Å². The molecule has 2 rings (SSSR count). The van der Waals surface area contributed by atoms with Crippen LogP contribution < -0.4 is 0 Å². The Bertz CT molecular complexity index is 328. The molecule has 2 aromatic rings. The molecule has 0 aliphatic rings. The molecule has 3 nitrogen and oxygen atoms in total. The maximum Gasteiger partial charge on any atom is 0.105 e. The van der Waals surface area contributed by atoms with Crippen molar-refractivity contribution in [3.8, 4) is 0 Å². The molecular formula is C8H10EsN3S-. The van der Waals surface area contributed by atoms with Gasteiger partial charge in [-0.15, -0.1) is 6.20 Å². The molecule has 0 unspecified atom stereocenters. The normalized spacial score (nSPS) is 8.54. The van der Waals surface area contributed by atoms with Gasteiger partial charge in [-0.05, 0) is 13.1 Å². The molecule has 0 fully saturated rings. The average molecular weight is 432 g/mol. The molecule has 0 atom stereocenters. The van der Waals surface area contributed by atoms with E-state index in [0.717, 1.165) is 15.5 Å². The maximum atomic E-state index is 4.14. The molecule has 13 heavy (non-hydrogen) atoms. The Balaban J connectivity index is 0.000000451. The van der Waals surface area contributed by atoms with E-state index in [0.29, 0.717) is 0 Å². The van der Waals surface area contributed by atoms with E-state index < -0.39 is 0 Å². The van der Waals surface area contributed by atoms with Crippen molar-refractivity contribution in [2.24, 2.45) is 0 Å². The smallest absolute Gasteiger partial charge is 0.105 e. The number of hydrogen-bond donors (Lipinski definition) is 0. The fraction of sp³-hybridized carbons (Fsp3) is 0.375. The third-order valence-electron chi connectivity index (χ3n) is 1.11. The topological polar surface area (TPSA) is 38.7 Å². The Morgan fingerprint density at radius 2 is 2.08 bits per heavy atom. The van der Waals surface area contributed by atoms with Crippen LogP contribution in [0.2, 0.25) is 0 Å². The minimum atomic E-state index is 0. The van der Waals surface area contributed by atoms with Crippen molar-refractivity contribution < 1.29 is 0 Å². The zero-order valence-electron chi connectivity index (χ0n) is 7.63. The van der Waals surface area contributed by atoms with Crippen LogP contribution in [0, 0.1) is 13.1 Å². The van der Waals surface area contributed by atoms with Crippen LogP contribution in [0.25, 0.3) is 10.5 Å². The molecule has 0 amide bonds. The van der Waals surface area contributed by atoms with Crippen molar-refractivity contribution in [2.45, 2.75) is 20.8 Å². The second-order valence-electron chi connectivity index (χ2n) is 1.86. The summed E-state index contributed by atoms with van der Waals surface area (Å²) in [5.41, 5.74) is 0.723. The zero-order chi connectivity index (χ0) is 8.97. The van der Waals surface area contributed by atoms with Gasteiger partial charge < -0.3 is 4.98 Å². The second kappa shape index (κ2) is 4.77. The number of nitrogens with zero attached hydrogens (tertiary/aromatic N) is 3. The minimum Gasteiger partial charge on any atom is -0.438 e. The molecule has 2 heterocycles. The van der Waals surface area contributed by atoms with Crippen LogP contribution in [0.15, 0.2) is 6.20 Å². The van der Waals surface area contributed by atoms with Crippen molar-refractivity contribution >= 4 is 21.8 Å². The Morgan fingerprint density at radius 1 is 1.38 bits per heavy atom. The summed E-state index contributed by atoms with van der Waals surface area (Å²) in [6.07, 6.45) is 4.19. The first-order valence-corrected chi connectivity index (χ1v) is 4.64. The summed E-state index contributed by atoms with van der Waals surface area (Å²) in [5.74, 6) is 0. The molecule has 0 N–H and O–H groups in total. The first-order chi connectivity index (χ1) is 5.86. The van der Waals surface area contributed by atoms with E-state index in [1.54, 1.807) is 0 Å². The van der Waals surface area contributed by atoms with Gasteiger partial charge in [-0.3, -0.25) is 4.98 Å². The predicted molar refractivity (Wildman–Crippen MR) is 50.1 cm³/mol. The van der Waals surface area contributed by atoms with Crippen molar-refractivity contribution in [3.63, 3.8) is 0 Å². The average Bonchev–Trinajstić information content (AvgIpc) is 2.48. The van der Waals surface area contributed by atoms with Crippen molar-refractivity contribution in [2.75, 3.05) is 0 Å². The molecule has 0 saturated heterocycles. The summed E-state index contributed by atoms with van der Waals surface area (Å²) >= 11 is 1.54. The summed E-state index contributed by atoms with van der Waals surface area (Å²) < 4.78 is 0. The number of rotatable bonds is 0. The largest absolute Gasteiger partial charge is 0.438 e. The third-order valence-corrected chi connectivity index (χ3v) is 1.96. The monoisotopic (exact) mass is 432 g/mol. The van der Waals surface area contributed by atoms with E-state index in [4.69, 9.17) is 0 Å². The van der Waals surface area contributed by atoms with Gasteiger partial charge in [0.2, 0.25) is 0 Å². The molecule has 0 aromatic carbocycles. The summed E-state index contributed by atoms with van der Waals surface area (Å²) in [6, 6.07) is 0. The van der Waals surface area contributed by atoms with Crippen molar-refractivity contribution in [1.82, 2.24) is 15.0 Å². The van der Waals surface area contributed by atoms with E-state index in [1.165, 1.54) is 17.5 Å². The van der Waals surface area contributed by atoms with Crippen molar-refractivity contribution in [3.05, 3.63) is 17.4 Å². The molecule has 0 saturated carbocycles. The number of fused-ring (bicyclic) bond motifs is 1. The zero-order valence-corrected chi connectivity index (χ0v) is 11.0. The molecular weight excluding hydrogens is 422 g/mol. The van der Waals surface area contributed by atoms with Gasteiger partial charge in [0.25, 0.3) is 0 Å². The molecule has 0 aliphatic carbocycles. The van der Waals surface area contributed by atoms with Gasteiger partial charge >= 0.3 is 0 Å². The SMILES string of the molecule is CC.Cc1nc2nc[c-]nc2s1.[Es]. The van der Waals surface area contributed by atoms with Gasteiger partial charge in [-0.1, -0.05) is 13.8 Å². The molecule has 2 aromatic heterocycles. The number of aromatic nitrogens is 3. The van der Waals surface area contributed by atoms with Crippen LogP contribution >= 0.6 is 11.3 Å². The molecule has 0 bridgehead atoms. The Labute approximate surface area is 75.5 Å². The molecule has 0 spiro atoms. The van der Waals surface area contributed by atoms with E-state index in [-0.39, 0.29) is 0 Å². The van der Waals surface area contributed by atoms with Crippen LogP contribution in [0.5, 0.6) is 0 Å². The summed E-state index contributed by atoms with van der Waals surface area (Å²) in [5, 5.41) is 0.995. The number of thiazole rings is 1. The predicted octanol–water partition coefficient (Wildman–Crippen LogP) is 2.22. The fourth-order valence-electron chi connectivity index (χ4n) is 0.740. The van der Waals surface area contributed by atoms with E-state index >= 15 is 0 Å². The molecule has 1 radical (unpaired) electrons. The number of aryl methyl sites for hydroxylation is 1. The van der Waals surface area contributed by atoms with Crippen LogP contribution in [-0.2, 0) is 0 Å². The molecule has 0 aliphatic heterocycles. The fourth-order valence-corrected chi connectivity index (χ4v) is 1.44. The minimum absolute atomic E-state index is 0. The Morgan fingerprint density at radius 3 is 2.69 bits per heavy atom. The molecule has 5 heteroatoms. The van der Waals surface area contributed by atoms with Crippen LogP contribution in [0.4, 0.5) is 0 Å². The standard InChI is InChI=1S/C6H4N3S.C2H6.Es/c1-4-9-5-6(10-4)8-3-2-7-5;1-2;/h2H,1H3;1-2H3;/q-1;;. The van der Waals surface area contributed by atoms with Gasteiger partial charge in [-0.25, -0.2) is 16.3 Å². The molecule has 75 valence electrons. The van der Waals surface area contributed by atoms with Crippen LogP contribution in [-0.4, -0.2) is 15.0 Å². The van der Waals surface area contributed by atoms with Gasteiger partial charge in [0.15, 0.2) is 0 Å². The summed E-state index contributed by atoms with van der Waals surface area (Å²) in [4.78, 5) is 13.0. The quantitative estimate of drug-likeness (QED) is 0.600. The summed E-state index contributed by atoms with van der Waals surface area (Å²) in [6.45, 7) is 5.94. The first kappa shape index (κ1) is 11.0. The van der Waals surface area contributed by atoms with E-state index in [9.17, 15) is 0 Å². The van der Waals surface area contributed by atoms with E-state index in [2.05, 4.69) is 21.1 Å². The van der Waals surface area contributed by atoms with Crippen molar-refractivity contribution in [1.29, 1.82) is 0 Å². The van der Waals surface area contributed by atoms with Gasteiger partial charge in [0.1, 0.15) is 5.65 Å². The van der Waals surface area contributed by atoms with Gasteiger partial charge in [0, 0.05) is 4.83 Å². The first-order valence-electron chi connectivity index (χ1n) is 3.82. The second-order valence-corrected chi connectivity index (χ2v) is 3.04. The van der Waals surface area contributed by atoms with Gasteiger partial charge in [-0.2, -0.15) is 0 Å². The van der Waals surface area contributed by atoms with Gasteiger partial charge in [0.05, 0.1) is 5.01 Å². The number of hydrogen-bond acceptors (Lipinski definition) is 4. The third kappa shape index (κ3) is 2.20.